The van der Waals surface area contributed by atoms with Crippen LogP contribution in [0.2, 0.25) is 0 Å². The van der Waals surface area contributed by atoms with E-state index in [-0.39, 0.29) is 5.91 Å². The lowest BCUT2D eigenvalue weighted by atomic mass is 10.1. The highest BCUT2D eigenvalue weighted by molar-refractivity contribution is 5.91. The Hall–Kier alpha value is -3.08. The van der Waals surface area contributed by atoms with Crippen LogP contribution < -0.4 is 10.1 Å². The van der Waals surface area contributed by atoms with E-state index in [2.05, 4.69) is 15.5 Å². The minimum atomic E-state index is -0.0724. The molecule has 1 aromatic heterocycles. The van der Waals surface area contributed by atoms with Crippen LogP contribution in [0.3, 0.4) is 0 Å². The number of H-pyrrole nitrogens is 1. The van der Waals surface area contributed by atoms with Crippen molar-refractivity contribution in [3.63, 3.8) is 0 Å². The van der Waals surface area contributed by atoms with Gasteiger partial charge in [-0.3, -0.25) is 9.89 Å². The second-order valence-corrected chi connectivity index (χ2v) is 6.63. The Bertz CT molecular complexity index is 868. The number of rotatable bonds is 7. The van der Waals surface area contributed by atoms with Crippen molar-refractivity contribution in [1.82, 2.24) is 10.2 Å². The van der Waals surface area contributed by atoms with Gasteiger partial charge < -0.3 is 10.1 Å². The number of hydrogen-bond acceptors (Lipinski definition) is 3. The Balaban J connectivity index is 1.28. The van der Waals surface area contributed by atoms with E-state index in [1.807, 2.05) is 60.7 Å². The first-order valence-electron chi connectivity index (χ1n) is 8.87. The molecule has 5 nitrogen and oxygen atoms in total. The number of ether oxygens (including phenoxy) is 1. The number of benzene rings is 2. The summed E-state index contributed by atoms with van der Waals surface area (Å²) in [6.07, 6.45) is 2.72. The van der Waals surface area contributed by atoms with Crippen molar-refractivity contribution < 1.29 is 9.53 Å². The summed E-state index contributed by atoms with van der Waals surface area (Å²) in [5.74, 6) is 1.91. The quantitative estimate of drug-likeness (QED) is 0.678. The topological polar surface area (TPSA) is 67.0 Å². The van der Waals surface area contributed by atoms with E-state index < -0.39 is 0 Å². The molecule has 0 radical (unpaired) electrons. The minimum Gasteiger partial charge on any atom is -0.489 e. The fourth-order valence-electron chi connectivity index (χ4n) is 2.82. The van der Waals surface area contributed by atoms with Crippen LogP contribution in [0.5, 0.6) is 5.75 Å². The van der Waals surface area contributed by atoms with E-state index in [0.29, 0.717) is 24.8 Å². The van der Waals surface area contributed by atoms with E-state index in [4.69, 9.17) is 4.74 Å². The van der Waals surface area contributed by atoms with E-state index in [1.54, 1.807) is 0 Å². The SMILES string of the molecule is O=C(Cc1ccc(OCc2ccccc2)cc1)Nc1cc(C2CC2)[nH]n1. The third-order valence-electron chi connectivity index (χ3n) is 4.42. The first-order chi connectivity index (χ1) is 12.8. The Labute approximate surface area is 152 Å². The van der Waals surface area contributed by atoms with Gasteiger partial charge in [0.05, 0.1) is 6.42 Å². The highest BCUT2D eigenvalue weighted by Gasteiger charge is 2.25. The van der Waals surface area contributed by atoms with Crippen molar-refractivity contribution >= 4 is 11.7 Å². The standard InChI is InChI=1S/C21H21N3O2/c25-21(22-20-13-19(23-24-20)17-8-9-17)12-15-6-10-18(11-7-15)26-14-16-4-2-1-3-5-16/h1-7,10-11,13,17H,8-9,12,14H2,(H2,22,23,24,25). The summed E-state index contributed by atoms with van der Waals surface area (Å²) in [5.41, 5.74) is 3.17. The zero-order chi connectivity index (χ0) is 17.8. The maximum atomic E-state index is 12.2. The highest BCUT2D eigenvalue weighted by atomic mass is 16.5. The van der Waals surface area contributed by atoms with E-state index in [0.717, 1.165) is 22.6 Å². The Morgan fingerprint density at radius 1 is 1.08 bits per heavy atom. The molecule has 0 atom stereocenters. The maximum Gasteiger partial charge on any atom is 0.229 e. The van der Waals surface area contributed by atoms with E-state index >= 15 is 0 Å². The number of carbonyl (C=O) groups is 1. The molecule has 0 bridgehead atoms. The molecule has 1 amide bonds. The molecule has 26 heavy (non-hydrogen) atoms. The molecular weight excluding hydrogens is 326 g/mol. The second kappa shape index (κ2) is 7.44. The molecule has 4 rings (SSSR count). The lowest BCUT2D eigenvalue weighted by Gasteiger charge is -2.07. The van der Waals surface area contributed by atoms with Gasteiger partial charge in [-0.25, -0.2) is 0 Å². The third-order valence-corrected chi connectivity index (χ3v) is 4.42. The summed E-state index contributed by atoms with van der Waals surface area (Å²) in [4.78, 5) is 12.2. The van der Waals surface area contributed by atoms with Crippen LogP contribution in [0.1, 0.15) is 35.6 Å². The summed E-state index contributed by atoms with van der Waals surface area (Å²) in [6, 6.07) is 19.6. The molecule has 0 spiro atoms. The van der Waals surface area contributed by atoms with Crippen LogP contribution in [0, 0.1) is 0 Å². The van der Waals surface area contributed by atoms with Crippen molar-refractivity contribution in [3.8, 4) is 5.75 Å². The Kier molecular flexibility index (Phi) is 4.69. The van der Waals surface area contributed by atoms with Crippen molar-refractivity contribution in [2.24, 2.45) is 0 Å². The number of nitrogens with one attached hydrogen (secondary N) is 2. The molecule has 2 aromatic carbocycles. The van der Waals surface area contributed by atoms with Crippen LogP contribution in [-0.2, 0) is 17.8 Å². The van der Waals surface area contributed by atoms with Crippen LogP contribution in [0.15, 0.2) is 60.7 Å². The average molecular weight is 347 g/mol. The summed E-state index contributed by atoms with van der Waals surface area (Å²) < 4.78 is 5.76. The largest absolute Gasteiger partial charge is 0.489 e. The van der Waals surface area contributed by atoms with Crippen molar-refractivity contribution in [2.45, 2.75) is 31.8 Å². The molecule has 132 valence electrons. The molecule has 0 unspecified atom stereocenters. The van der Waals surface area contributed by atoms with Gasteiger partial charge in [0.2, 0.25) is 5.91 Å². The average Bonchev–Trinajstić information content (AvgIpc) is 3.42. The van der Waals surface area contributed by atoms with Crippen LogP contribution in [0.4, 0.5) is 5.82 Å². The molecule has 1 fully saturated rings. The number of hydrogen-bond donors (Lipinski definition) is 2. The number of aromatic nitrogens is 2. The van der Waals surface area contributed by atoms with Gasteiger partial charge in [-0.15, -0.1) is 0 Å². The molecule has 2 N–H and O–H groups in total. The molecule has 1 aliphatic carbocycles. The number of carbonyl (C=O) groups excluding carboxylic acids is 1. The zero-order valence-corrected chi connectivity index (χ0v) is 14.4. The lowest BCUT2D eigenvalue weighted by molar-refractivity contribution is -0.115. The van der Waals surface area contributed by atoms with Crippen LogP contribution in [-0.4, -0.2) is 16.1 Å². The number of aromatic amines is 1. The van der Waals surface area contributed by atoms with Gasteiger partial charge in [-0.2, -0.15) is 5.10 Å². The monoisotopic (exact) mass is 347 g/mol. The molecule has 0 aliphatic heterocycles. The zero-order valence-electron chi connectivity index (χ0n) is 14.4. The molecular formula is C21H21N3O2. The van der Waals surface area contributed by atoms with Crippen LogP contribution >= 0.6 is 0 Å². The third kappa shape index (κ3) is 4.30. The van der Waals surface area contributed by atoms with Gasteiger partial charge in [-0.1, -0.05) is 42.5 Å². The summed E-state index contributed by atoms with van der Waals surface area (Å²) >= 11 is 0. The number of anilines is 1. The van der Waals surface area contributed by atoms with E-state index in [9.17, 15) is 4.79 Å². The first kappa shape index (κ1) is 16.4. The molecule has 1 saturated carbocycles. The second-order valence-electron chi connectivity index (χ2n) is 6.63. The minimum absolute atomic E-state index is 0.0724. The van der Waals surface area contributed by atoms with Gasteiger partial charge in [-0.05, 0) is 36.1 Å². The number of amides is 1. The fraction of sp³-hybridized carbons (Fsp3) is 0.238. The maximum absolute atomic E-state index is 12.2. The fourth-order valence-corrected chi connectivity index (χ4v) is 2.82. The van der Waals surface area contributed by atoms with Crippen molar-refractivity contribution in [3.05, 3.63) is 77.5 Å². The predicted octanol–water partition coefficient (Wildman–Crippen LogP) is 4.05. The van der Waals surface area contributed by atoms with Gasteiger partial charge in [0.1, 0.15) is 12.4 Å². The van der Waals surface area contributed by atoms with E-state index in [1.165, 1.54) is 12.8 Å². The van der Waals surface area contributed by atoms with Gasteiger partial charge >= 0.3 is 0 Å². The number of nitrogens with zero attached hydrogens (tertiary/aromatic N) is 1. The van der Waals surface area contributed by atoms with Gasteiger partial charge in [0, 0.05) is 17.7 Å². The summed E-state index contributed by atoms with van der Waals surface area (Å²) in [7, 11) is 0. The Morgan fingerprint density at radius 3 is 2.58 bits per heavy atom. The predicted molar refractivity (Wildman–Crippen MR) is 100 cm³/mol. The lowest BCUT2D eigenvalue weighted by Crippen LogP contribution is -2.14. The van der Waals surface area contributed by atoms with Gasteiger partial charge in [0.15, 0.2) is 5.82 Å². The molecule has 0 saturated heterocycles. The highest BCUT2D eigenvalue weighted by Crippen LogP contribution is 2.39. The molecule has 3 aromatic rings. The Morgan fingerprint density at radius 2 is 1.85 bits per heavy atom. The smallest absolute Gasteiger partial charge is 0.229 e. The molecule has 5 heteroatoms. The summed E-state index contributed by atoms with van der Waals surface area (Å²) in [5, 5.41) is 9.98. The van der Waals surface area contributed by atoms with Crippen molar-refractivity contribution in [2.75, 3.05) is 5.32 Å². The normalized spacial score (nSPS) is 13.4. The molecule has 1 aliphatic rings. The van der Waals surface area contributed by atoms with Crippen molar-refractivity contribution in [1.29, 1.82) is 0 Å². The van der Waals surface area contributed by atoms with Crippen LogP contribution in [0.25, 0.3) is 0 Å². The van der Waals surface area contributed by atoms with Gasteiger partial charge in [0.25, 0.3) is 0 Å². The molecule has 1 heterocycles. The first-order valence-corrected chi connectivity index (χ1v) is 8.87. The summed E-state index contributed by atoms with van der Waals surface area (Å²) in [6.45, 7) is 0.531.